The van der Waals surface area contributed by atoms with Gasteiger partial charge >= 0.3 is 5.97 Å². The summed E-state index contributed by atoms with van der Waals surface area (Å²) < 4.78 is 7.00. The Morgan fingerprint density at radius 3 is 2.38 bits per heavy atom. The van der Waals surface area contributed by atoms with Crippen LogP contribution in [-0.4, -0.2) is 39.5 Å². The zero-order valence-corrected chi connectivity index (χ0v) is 24.4. The summed E-state index contributed by atoms with van der Waals surface area (Å²) >= 11 is 2.64. The number of aryl methyl sites for hydroxylation is 1. The second-order valence-electron chi connectivity index (χ2n) is 9.96. The summed E-state index contributed by atoms with van der Waals surface area (Å²) in [6.45, 7) is 12.8. The van der Waals surface area contributed by atoms with E-state index in [4.69, 9.17) is 4.74 Å². The van der Waals surface area contributed by atoms with Gasteiger partial charge in [-0.05, 0) is 23.5 Å². The van der Waals surface area contributed by atoms with Gasteiger partial charge < -0.3 is 10.1 Å². The molecule has 2 heterocycles. The zero-order valence-electron chi connectivity index (χ0n) is 22.8. The van der Waals surface area contributed by atoms with Crippen molar-refractivity contribution in [2.75, 3.05) is 18.2 Å². The van der Waals surface area contributed by atoms with E-state index in [1.807, 2.05) is 54.0 Å². The van der Waals surface area contributed by atoms with Crippen molar-refractivity contribution in [3.05, 3.63) is 83.3 Å². The minimum Gasteiger partial charge on any atom is -0.465 e. The van der Waals surface area contributed by atoms with Gasteiger partial charge in [-0.2, -0.15) is 0 Å². The van der Waals surface area contributed by atoms with Crippen LogP contribution in [0.3, 0.4) is 0 Å². The number of aromatic nitrogens is 3. The average Bonchev–Trinajstić information content (AvgIpc) is 3.47. The molecule has 0 bridgehead atoms. The fraction of sp³-hybridized carbons (Fsp3) is 0.267. The summed E-state index contributed by atoms with van der Waals surface area (Å²) in [6, 6.07) is 17.9. The summed E-state index contributed by atoms with van der Waals surface area (Å²) in [4.78, 5) is 26.7. The first-order valence-corrected chi connectivity index (χ1v) is 14.3. The predicted octanol–water partition coefficient (Wildman–Crippen LogP) is 6.98. The average molecular weight is 561 g/mol. The Bertz CT molecular complexity index is 1480. The molecule has 4 rings (SSSR count). The molecule has 0 unspecified atom stereocenters. The Morgan fingerprint density at radius 2 is 1.77 bits per heavy atom. The second-order valence-corrected chi connectivity index (χ2v) is 12.1. The first-order valence-electron chi connectivity index (χ1n) is 12.5. The smallest absolute Gasteiger partial charge is 0.341 e. The Labute approximate surface area is 237 Å². The van der Waals surface area contributed by atoms with Crippen LogP contribution >= 0.6 is 23.1 Å². The summed E-state index contributed by atoms with van der Waals surface area (Å²) in [5, 5.41) is 12.8. The molecule has 0 saturated heterocycles. The highest BCUT2D eigenvalue weighted by Gasteiger charge is 2.25. The van der Waals surface area contributed by atoms with Crippen LogP contribution in [0.2, 0.25) is 0 Å². The van der Waals surface area contributed by atoms with Gasteiger partial charge in [0, 0.05) is 22.5 Å². The summed E-state index contributed by atoms with van der Waals surface area (Å²) in [5.41, 5.74) is 4.25. The Balaban J connectivity index is 1.54. The maximum Gasteiger partial charge on any atom is 0.341 e. The molecule has 0 saturated carbocycles. The number of carbonyl (C=O) groups excluding carboxylic acids is 2. The van der Waals surface area contributed by atoms with E-state index < -0.39 is 5.97 Å². The molecule has 0 aliphatic carbocycles. The molecule has 39 heavy (non-hydrogen) atoms. The van der Waals surface area contributed by atoms with Crippen LogP contribution < -0.4 is 5.32 Å². The molecule has 0 atom stereocenters. The van der Waals surface area contributed by atoms with Gasteiger partial charge in [-0.3, -0.25) is 9.36 Å². The third-order valence-electron chi connectivity index (χ3n) is 6.16. The molecule has 1 N–H and O–H groups in total. The van der Waals surface area contributed by atoms with E-state index >= 15 is 0 Å². The molecule has 2 aromatic carbocycles. The maximum absolute atomic E-state index is 13.0. The lowest BCUT2D eigenvalue weighted by Crippen LogP contribution is -2.16. The molecule has 9 heteroatoms. The van der Waals surface area contributed by atoms with Gasteiger partial charge in [-0.15, -0.1) is 28.1 Å². The van der Waals surface area contributed by atoms with Crippen molar-refractivity contribution in [3.8, 4) is 22.5 Å². The molecule has 0 aliphatic heterocycles. The van der Waals surface area contributed by atoms with Crippen LogP contribution in [0.15, 0.2) is 72.4 Å². The lowest BCUT2D eigenvalue weighted by molar-refractivity contribution is -0.113. The maximum atomic E-state index is 13.0. The number of benzene rings is 2. The van der Waals surface area contributed by atoms with E-state index in [0.29, 0.717) is 28.1 Å². The Kier molecular flexibility index (Phi) is 8.72. The number of hydrogen-bond acceptors (Lipinski definition) is 7. The predicted molar refractivity (Wildman–Crippen MR) is 160 cm³/mol. The van der Waals surface area contributed by atoms with Gasteiger partial charge in [-0.1, -0.05) is 93.2 Å². The lowest BCUT2D eigenvalue weighted by atomic mass is 9.87. The molecule has 202 valence electrons. The number of methoxy groups -OCH3 is 1. The third kappa shape index (κ3) is 6.32. The molecular formula is C30H32N4O3S2. The summed E-state index contributed by atoms with van der Waals surface area (Å²) in [6.07, 6.45) is 1.78. The lowest BCUT2D eigenvalue weighted by Gasteiger charge is -2.19. The van der Waals surface area contributed by atoms with Crippen molar-refractivity contribution in [2.24, 2.45) is 0 Å². The fourth-order valence-electron chi connectivity index (χ4n) is 4.20. The van der Waals surface area contributed by atoms with Crippen LogP contribution in [0.1, 0.15) is 41.6 Å². The Morgan fingerprint density at radius 1 is 1.08 bits per heavy atom. The highest BCUT2D eigenvalue weighted by Crippen LogP contribution is 2.40. The Hall–Kier alpha value is -3.69. The number of anilines is 1. The van der Waals surface area contributed by atoms with Crippen LogP contribution in [-0.2, 0) is 21.5 Å². The number of ether oxygens (including phenoxy) is 1. The number of esters is 1. The number of nitrogens with one attached hydrogen (secondary N) is 1. The normalized spacial score (nSPS) is 11.3. The number of thiophene rings is 1. The van der Waals surface area contributed by atoms with Crippen molar-refractivity contribution in [2.45, 2.75) is 44.8 Å². The summed E-state index contributed by atoms with van der Waals surface area (Å²) in [7, 11) is 1.34. The molecule has 2 aromatic heterocycles. The molecule has 0 spiro atoms. The van der Waals surface area contributed by atoms with Gasteiger partial charge in [0.15, 0.2) is 11.0 Å². The van der Waals surface area contributed by atoms with Gasteiger partial charge in [0.05, 0.1) is 12.9 Å². The van der Waals surface area contributed by atoms with E-state index in [9.17, 15) is 9.59 Å². The van der Waals surface area contributed by atoms with Crippen LogP contribution in [0.5, 0.6) is 0 Å². The van der Waals surface area contributed by atoms with E-state index in [-0.39, 0.29) is 17.1 Å². The van der Waals surface area contributed by atoms with Crippen molar-refractivity contribution in [3.63, 3.8) is 0 Å². The monoisotopic (exact) mass is 560 g/mol. The highest BCUT2D eigenvalue weighted by molar-refractivity contribution is 7.99. The highest BCUT2D eigenvalue weighted by atomic mass is 32.2. The molecule has 7 nitrogen and oxygen atoms in total. The van der Waals surface area contributed by atoms with Crippen molar-refractivity contribution < 1.29 is 14.3 Å². The topological polar surface area (TPSA) is 86.1 Å². The number of amides is 1. The van der Waals surface area contributed by atoms with E-state index in [1.165, 1.54) is 35.8 Å². The zero-order chi connectivity index (χ0) is 28.2. The number of allylic oxidation sites excluding steroid dienone is 1. The van der Waals surface area contributed by atoms with Crippen LogP contribution in [0.4, 0.5) is 5.00 Å². The number of hydrogen-bond donors (Lipinski definition) is 1. The molecular weight excluding hydrogens is 528 g/mol. The van der Waals surface area contributed by atoms with Gasteiger partial charge in [-0.25, -0.2) is 4.79 Å². The van der Waals surface area contributed by atoms with Gasteiger partial charge in [0.25, 0.3) is 0 Å². The van der Waals surface area contributed by atoms with E-state index in [2.05, 4.69) is 55.0 Å². The van der Waals surface area contributed by atoms with Gasteiger partial charge in [0.2, 0.25) is 5.91 Å². The van der Waals surface area contributed by atoms with Crippen molar-refractivity contribution >= 4 is 40.0 Å². The minimum absolute atomic E-state index is 0.0540. The van der Waals surface area contributed by atoms with Crippen molar-refractivity contribution in [1.82, 2.24) is 14.8 Å². The molecule has 0 aliphatic rings. The van der Waals surface area contributed by atoms with E-state index in [0.717, 1.165) is 21.6 Å². The second kappa shape index (κ2) is 12.0. The molecule has 0 radical (unpaired) electrons. The number of nitrogens with zero attached hydrogens (tertiary/aromatic N) is 3. The number of rotatable bonds is 9. The quantitative estimate of drug-likeness (QED) is 0.135. The fourth-order valence-corrected chi connectivity index (χ4v) is 6.03. The molecule has 1 amide bonds. The first-order chi connectivity index (χ1) is 18.6. The standard InChI is InChI=1S/C30H32N4O3S2/c1-7-17-34-26(21-13-15-22(16-14-21)30(3,4)5)32-33-29(34)38-18-23(35)31-27-25(28(36)37-6)24(19(2)39-27)20-11-9-8-10-12-20/h7-16H,1,17-18H2,2-6H3,(H,31,35). The van der Waals surface area contributed by atoms with Crippen LogP contribution in [0, 0.1) is 6.92 Å². The number of thioether (sulfide) groups is 1. The first kappa shape index (κ1) is 28.3. The molecule has 0 fully saturated rings. The van der Waals surface area contributed by atoms with E-state index in [1.54, 1.807) is 6.08 Å². The largest absolute Gasteiger partial charge is 0.465 e. The van der Waals surface area contributed by atoms with Gasteiger partial charge in [0.1, 0.15) is 10.6 Å². The minimum atomic E-state index is -0.492. The molecule has 4 aromatic rings. The third-order valence-corrected chi connectivity index (χ3v) is 8.15. The summed E-state index contributed by atoms with van der Waals surface area (Å²) in [5.74, 6) is 0.0631. The van der Waals surface area contributed by atoms with Crippen LogP contribution in [0.25, 0.3) is 22.5 Å². The SMILES string of the molecule is C=CCn1c(SCC(=O)Nc2sc(C)c(-c3ccccc3)c2C(=O)OC)nnc1-c1ccc(C(C)(C)C)cc1. The van der Waals surface area contributed by atoms with Crippen molar-refractivity contribution in [1.29, 1.82) is 0 Å². The number of carbonyl (C=O) groups is 2.